The van der Waals surface area contributed by atoms with Crippen molar-refractivity contribution in [3.8, 4) is 18.1 Å². The van der Waals surface area contributed by atoms with Crippen LogP contribution in [0, 0.1) is 18.2 Å². The van der Waals surface area contributed by atoms with Crippen molar-refractivity contribution in [2.24, 2.45) is 0 Å². The molecule has 0 saturated heterocycles. The molecule has 1 nitrogen and oxygen atoms in total. The first-order valence-corrected chi connectivity index (χ1v) is 3.56. The van der Waals surface area contributed by atoms with E-state index in [-0.39, 0.29) is 12.4 Å². The fraction of sp³-hybridized carbons (Fsp3) is 0.111. The Morgan fingerprint density at radius 2 is 2.33 bits per heavy atom. The van der Waals surface area contributed by atoms with E-state index in [1.54, 1.807) is 6.07 Å². The van der Waals surface area contributed by atoms with Gasteiger partial charge in [0.1, 0.15) is 26.0 Å². The van der Waals surface area contributed by atoms with Gasteiger partial charge in [0.15, 0.2) is 0 Å². The van der Waals surface area contributed by atoms with Crippen LogP contribution in [0.4, 0.5) is 4.39 Å². The Hall–Kier alpha value is -1.43. The van der Waals surface area contributed by atoms with Gasteiger partial charge in [0.25, 0.3) is 0 Å². The highest BCUT2D eigenvalue weighted by Crippen LogP contribution is 2.08. The molecule has 1 aromatic rings. The molecule has 0 fully saturated rings. The quantitative estimate of drug-likeness (QED) is 0.442. The number of ether oxygens (including phenoxy) is 1. The maximum absolute atomic E-state index is 12.6. The first kappa shape index (κ1) is 8.67. The van der Waals surface area contributed by atoms with Gasteiger partial charge in [0.2, 0.25) is 0 Å². The summed E-state index contributed by atoms with van der Waals surface area (Å²) in [6, 6.07) is 4.37. The highest BCUT2D eigenvalue weighted by molar-refractivity contribution is 6.34. The van der Waals surface area contributed by atoms with Crippen molar-refractivity contribution in [2.75, 3.05) is 6.61 Å². The molecular formula is C9H8BFO. The van der Waals surface area contributed by atoms with Crippen LogP contribution in [0.3, 0.4) is 0 Å². The van der Waals surface area contributed by atoms with Gasteiger partial charge in [-0.2, -0.15) is 0 Å². The van der Waals surface area contributed by atoms with Gasteiger partial charge in [0.05, 0.1) is 0 Å². The number of hydrogen-bond acceptors (Lipinski definition) is 1. The minimum absolute atomic E-state index is 0.171. The second kappa shape index (κ2) is 3.82. The third-order valence-electron chi connectivity index (χ3n) is 1.46. The summed E-state index contributed by atoms with van der Waals surface area (Å²) in [7, 11) is 1.84. The molecule has 0 aliphatic carbocycles. The van der Waals surface area contributed by atoms with Gasteiger partial charge in [-0.25, -0.2) is 4.39 Å². The van der Waals surface area contributed by atoms with E-state index in [9.17, 15) is 4.39 Å². The van der Waals surface area contributed by atoms with Crippen LogP contribution in [-0.2, 0) is 0 Å². The van der Waals surface area contributed by atoms with Crippen molar-refractivity contribution in [3.05, 3.63) is 24.0 Å². The zero-order chi connectivity index (χ0) is 8.97. The van der Waals surface area contributed by atoms with E-state index >= 15 is 0 Å². The average Bonchev–Trinajstić information content (AvgIpc) is 2.07. The predicted molar refractivity (Wildman–Crippen MR) is 48.9 cm³/mol. The Morgan fingerprint density at radius 3 is 3.00 bits per heavy atom. The van der Waals surface area contributed by atoms with Crippen LogP contribution < -0.4 is 10.2 Å². The van der Waals surface area contributed by atoms with Crippen LogP contribution in [0.15, 0.2) is 18.2 Å². The van der Waals surface area contributed by atoms with Gasteiger partial charge < -0.3 is 4.74 Å². The molecule has 1 aromatic carbocycles. The van der Waals surface area contributed by atoms with Crippen molar-refractivity contribution in [1.29, 1.82) is 0 Å². The molecular weight excluding hydrogens is 154 g/mol. The fourth-order valence-corrected chi connectivity index (χ4v) is 0.849. The molecule has 0 spiro atoms. The smallest absolute Gasteiger partial charge is 0.148 e. The van der Waals surface area contributed by atoms with Crippen molar-refractivity contribution in [2.45, 2.75) is 0 Å². The molecule has 0 saturated carbocycles. The molecule has 0 N–H and O–H groups in total. The summed E-state index contributed by atoms with van der Waals surface area (Å²) in [6.45, 7) is 0.171. The van der Waals surface area contributed by atoms with Crippen LogP contribution in [-0.4, -0.2) is 14.5 Å². The van der Waals surface area contributed by atoms with Gasteiger partial charge in [-0.3, -0.25) is 0 Å². The molecule has 60 valence electrons. The normalized spacial score (nSPS) is 9.00. The van der Waals surface area contributed by atoms with Crippen LogP contribution in [0.5, 0.6) is 5.75 Å². The fourth-order valence-electron chi connectivity index (χ4n) is 0.849. The first-order valence-electron chi connectivity index (χ1n) is 3.56. The molecule has 0 atom stereocenters. The molecule has 1 rings (SSSR count). The summed E-state index contributed by atoms with van der Waals surface area (Å²) < 4.78 is 17.7. The summed E-state index contributed by atoms with van der Waals surface area (Å²) in [5.41, 5.74) is 0.881. The molecule has 0 heterocycles. The zero-order valence-electron chi connectivity index (χ0n) is 6.80. The van der Waals surface area contributed by atoms with Gasteiger partial charge >= 0.3 is 0 Å². The minimum atomic E-state index is -0.312. The van der Waals surface area contributed by atoms with E-state index in [0.717, 1.165) is 5.46 Å². The number of terminal acetylenes is 1. The molecule has 0 radical (unpaired) electrons. The van der Waals surface area contributed by atoms with E-state index in [1.807, 2.05) is 7.85 Å². The Labute approximate surface area is 72.0 Å². The summed E-state index contributed by atoms with van der Waals surface area (Å²) in [5.74, 6) is 2.51. The molecule has 0 amide bonds. The lowest BCUT2D eigenvalue weighted by Gasteiger charge is -2.05. The molecule has 0 bridgehead atoms. The van der Waals surface area contributed by atoms with E-state index in [2.05, 4.69) is 5.92 Å². The monoisotopic (exact) mass is 162 g/mol. The molecule has 0 aliphatic rings. The minimum Gasteiger partial charge on any atom is -0.481 e. The number of rotatable bonds is 2. The van der Waals surface area contributed by atoms with Gasteiger partial charge in [-0.15, -0.1) is 6.42 Å². The van der Waals surface area contributed by atoms with E-state index < -0.39 is 0 Å². The lowest BCUT2D eigenvalue weighted by molar-refractivity contribution is 0.371. The summed E-state index contributed by atoms with van der Waals surface area (Å²) in [4.78, 5) is 0. The van der Waals surface area contributed by atoms with Crippen LogP contribution in [0.2, 0.25) is 0 Å². The van der Waals surface area contributed by atoms with Gasteiger partial charge in [-0.1, -0.05) is 12.0 Å². The summed E-state index contributed by atoms with van der Waals surface area (Å²) in [6.07, 6.45) is 5.00. The molecule has 12 heavy (non-hydrogen) atoms. The number of benzene rings is 1. The summed E-state index contributed by atoms with van der Waals surface area (Å²) >= 11 is 0. The largest absolute Gasteiger partial charge is 0.481 e. The van der Waals surface area contributed by atoms with Crippen LogP contribution >= 0.6 is 0 Å². The van der Waals surface area contributed by atoms with Gasteiger partial charge in [-0.05, 0) is 11.5 Å². The Morgan fingerprint density at radius 1 is 1.58 bits per heavy atom. The molecule has 0 aromatic heterocycles. The standard InChI is InChI=1S/C9H8BFO/c1-2-5-12-9-6-7(11)3-4-8(9)10/h1,3-4,6H,5,10H2. The summed E-state index contributed by atoms with van der Waals surface area (Å²) in [5, 5.41) is 0. The Bertz CT molecular complexity index is 317. The molecule has 0 aliphatic heterocycles. The Kier molecular flexibility index (Phi) is 2.76. The lowest BCUT2D eigenvalue weighted by atomic mass is 9.95. The first-order chi connectivity index (χ1) is 5.74. The maximum Gasteiger partial charge on any atom is 0.148 e. The highest BCUT2D eigenvalue weighted by Gasteiger charge is 1.99. The highest BCUT2D eigenvalue weighted by atomic mass is 19.1. The van der Waals surface area contributed by atoms with Gasteiger partial charge in [0, 0.05) is 6.07 Å². The van der Waals surface area contributed by atoms with Crippen molar-refractivity contribution in [3.63, 3.8) is 0 Å². The third-order valence-corrected chi connectivity index (χ3v) is 1.46. The molecule has 0 unspecified atom stereocenters. The zero-order valence-corrected chi connectivity index (χ0v) is 6.80. The van der Waals surface area contributed by atoms with Crippen molar-refractivity contribution >= 4 is 13.3 Å². The lowest BCUT2D eigenvalue weighted by Crippen LogP contribution is -2.09. The second-order valence-electron chi connectivity index (χ2n) is 2.40. The number of hydrogen-bond donors (Lipinski definition) is 0. The Balaban J connectivity index is 2.84. The van der Waals surface area contributed by atoms with E-state index in [1.165, 1.54) is 12.1 Å². The van der Waals surface area contributed by atoms with E-state index in [0.29, 0.717) is 5.75 Å². The topological polar surface area (TPSA) is 9.23 Å². The SMILES string of the molecule is Bc1ccc(F)cc1OCC#C. The average molecular weight is 162 g/mol. The van der Waals surface area contributed by atoms with Crippen molar-refractivity contribution in [1.82, 2.24) is 0 Å². The second-order valence-corrected chi connectivity index (χ2v) is 2.40. The van der Waals surface area contributed by atoms with E-state index in [4.69, 9.17) is 11.2 Å². The third kappa shape index (κ3) is 2.03. The molecule has 3 heteroatoms. The predicted octanol–water partition coefficient (Wildman–Crippen LogP) is 0.0961. The van der Waals surface area contributed by atoms with Crippen molar-refractivity contribution < 1.29 is 9.13 Å². The van der Waals surface area contributed by atoms with Crippen LogP contribution in [0.1, 0.15) is 0 Å². The number of halogens is 1. The maximum atomic E-state index is 12.6. The van der Waals surface area contributed by atoms with Crippen LogP contribution in [0.25, 0.3) is 0 Å².